The second kappa shape index (κ2) is 7.47. The van der Waals surface area contributed by atoms with Crippen LogP contribution in [-0.2, 0) is 0 Å². The number of rotatable bonds is 5. The Hall–Kier alpha value is -4.13. The van der Waals surface area contributed by atoms with Crippen molar-refractivity contribution in [2.24, 2.45) is 0 Å². The van der Waals surface area contributed by atoms with Crippen LogP contribution < -0.4 is 21.5 Å². The number of ether oxygens (including phenoxy) is 1. The van der Waals surface area contributed by atoms with Gasteiger partial charge in [-0.2, -0.15) is 0 Å². The summed E-state index contributed by atoms with van der Waals surface area (Å²) in [6.07, 6.45) is 1.22. The monoisotopic (exact) mass is 384 g/mol. The minimum absolute atomic E-state index is 0.545. The summed E-state index contributed by atoms with van der Waals surface area (Å²) in [7, 11) is 1.62. The molecule has 0 atom stereocenters. The third kappa shape index (κ3) is 3.66. The summed E-state index contributed by atoms with van der Waals surface area (Å²) >= 11 is 0. The fourth-order valence-corrected chi connectivity index (χ4v) is 3.05. The molecule has 0 aliphatic rings. The molecule has 0 aliphatic carbocycles. The lowest BCUT2D eigenvalue weighted by Gasteiger charge is -2.13. The summed E-state index contributed by atoms with van der Waals surface area (Å²) in [4.78, 5) is 9.44. The normalized spacial score (nSPS) is 10.7. The Morgan fingerprint density at radius 3 is 2.62 bits per heavy atom. The lowest BCUT2D eigenvalue weighted by molar-refractivity contribution is 0.415. The Morgan fingerprint density at radius 2 is 1.86 bits per heavy atom. The number of nitrogens with one attached hydrogen (secondary N) is 2. The van der Waals surface area contributed by atoms with Crippen LogP contribution in [0.25, 0.3) is 22.3 Å². The predicted octanol–water partition coefficient (Wildman–Crippen LogP) is 4.21. The quantitative estimate of drug-likeness (QED) is 0.302. The van der Waals surface area contributed by atoms with Crippen molar-refractivity contribution in [3.63, 3.8) is 0 Å². The summed E-state index contributed by atoms with van der Waals surface area (Å²) in [6, 6.07) is 18.5. The van der Waals surface area contributed by atoms with Gasteiger partial charge in [0.15, 0.2) is 5.82 Å². The zero-order valence-electron chi connectivity index (χ0n) is 15.8. The second-order valence-corrected chi connectivity index (χ2v) is 6.52. The van der Waals surface area contributed by atoms with Gasteiger partial charge in [-0.25, -0.2) is 9.97 Å². The van der Waals surface area contributed by atoms with Crippen molar-refractivity contribution in [3.8, 4) is 17.1 Å². The van der Waals surface area contributed by atoms with E-state index < -0.39 is 0 Å². The van der Waals surface area contributed by atoms with Gasteiger partial charge in [0, 0.05) is 45.9 Å². The first-order valence-electron chi connectivity index (χ1n) is 8.96. The van der Waals surface area contributed by atoms with Crippen LogP contribution in [0.3, 0.4) is 0 Å². The molecule has 0 saturated heterocycles. The molecule has 0 aliphatic heterocycles. The summed E-state index contributed by atoms with van der Waals surface area (Å²) in [5.41, 5.74) is 16.0. The molecule has 29 heavy (non-hydrogen) atoms. The number of nitrogens with two attached hydrogens (primary N) is 2. The number of hydrogen-bond acceptors (Lipinski definition) is 7. The van der Waals surface area contributed by atoms with Gasteiger partial charge in [-0.05, 0) is 42.5 Å². The standard InChI is InChI=1S/C22H20N6O/c1-29-17-6-7-18-20(11-17)27-21(13-3-2-4-15(24)9-13)28-22(18)26-16-5-8-19(25)14(10-16)12-23/h2-12,23H,24-25H2,1H3,(H,26,27,28). The molecule has 144 valence electrons. The van der Waals surface area contributed by atoms with E-state index in [1.807, 2.05) is 48.5 Å². The van der Waals surface area contributed by atoms with E-state index in [0.29, 0.717) is 34.3 Å². The minimum atomic E-state index is 0.545. The van der Waals surface area contributed by atoms with Gasteiger partial charge in [-0.1, -0.05) is 12.1 Å². The third-order valence-electron chi connectivity index (χ3n) is 4.55. The number of benzene rings is 3. The van der Waals surface area contributed by atoms with Crippen molar-refractivity contribution in [2.75, 3.05) is 23.9 Å². The van der Waals surface area contributed by atoms with Crippen LogP contribution in [0.15, 0.2) is 60.7 Å². The van der Waals surface area contributed by atoms with E-state index in [2.05, 4.69) is 5.32 Å². The fraction of sp³-hybridized carbons (Fsp3) is 0.0455. The van der Waals surface area contributed by atoms with Crippen LogP contribution in [0.4, 0.5) is 22.9 Å². The van der Waals surface area contributed by atoms with E-state index in [-0.39, 0.29) is 0 Å². The van der Waals surface area contributed by atoms with Crippen molar-refractivity contribution in [2.45, 2.75) is 0 Å². The van der Waals surface area contributed by atoms with E-state index >= 15 is 0 Å². The molecular formula is C22H20N6O. The van der Waals surface area contributed by atoms with Crippen LogP contribution in [0.2, 0.25) is 0 Å². The number of anilines is 4. The SMILES string of the molecule is COc1ccc2c(Nc3ccc(N)c(C=N)c3)nc(-c3cccc(N)c3)nc2c1. The van der Waals surface area contributed by atoms with Crippen LogP contribution >= 0.6 is 0 Å². The molecule has 0 unspecified atom stereocenters. The van der Waals surface area contributed by atoms with Crippen molar-refractivity contribution < 1.29 is 4.74 Å². The highest BCUT2D eigenvalue weighted by molar-refractivity contribution is 5.94. The summed E-state index contributed by atoms with van der Waals surface area (Å²) < 4.78 is 5.35. The number of fused-ring (bicyclic) bond motifs is 1. The molecule has 0 spiro atoms. The van der Waals surface area contributed by atoms with Gasteiger partial charge in [0.2, 0.25) is 0 Å². The zero-order valence-corrected chi connectivity index (χ0v) is 15.8. The third-order valence-corrected chi connectivity index (χ3v) is 4.55. The van der Waals surface area contributed by atoms with Crippen molar-refractivity contribution in [3.05, 3.63) is 66.2 Å². The summed E-state index contributed by atoms with van der Waals surface area (Å²) in [5, 5.41) is 11.7. The van der Waals surface area contributed by atoms with Crippen LogP contribution in [0.5, 0.6) is 5.75 Å². The molecule has 3 aromatic carbocycles. The predicted molar refractivity (Wildman–Crippen MR) is 118 cm³/mol. The van der Waals surface area contributed by atoms with E-state index in [9.17, 15) is 0 Å². The van der Waals surface area contributed by atoms with Gasteiger partial charge >= 0.3 is 0 Å². The molecule has 0 bridgehead atoms. The Bertz CT molecular complexity index is 1220. The van der Waals surface area contributed by atoms with Crippen molar-refractivity contribution in [1.29, 1.82) is 5.41 Å². The highest BCUT2D eigenvalue weighted by atomic mass is 16.5. The first-order valence-corrected chi connectivity index (χ1v) is 8.96. The molecule has 4 aromatic rings. The largest absolute Gasteiger partial charge is 0.497 e. The van der Waals surface area contributed by atoms with E-state index in [4.69, 9.17) is 31.6 Å². The second-order valence-electron chi connectivity index (χ2n) is 6.52. The molecule has 0 saturated carbocycles. The Balaban J connectivity index is 1.88. The van der Waals surface area contributed by atoms with Crippen molar-refractivity contribution in [1.82, 2.24) is 9.97 Å². The molecule has 0 fully saturated rings. The van der Waals surface area contributed by atoms with E-state index in [0.717, 1.165) is 22.2 Å². The number of aromatic nitrogens is 2. The molecule has 6 N–H and O–H groups in total. The number of methoxy groups -OCH3 is 1. The first kappa shape index (κ1) is 18.2. The van der Waals surface area contributed by atoms with Gasteiger partial charge in [0.25, 0.3) is 0 Å². The molecule has 4 rings (SSSR count). The highest BCUT2D eigenvalue weighted by Crippen LogP contribution is 2.30. The molecule has 0 radical (unpaired) electrons. The molecular weight excluding hydrogens is 364 g/mol. The topological polar surface area (TPSA) is 123 Å². The van der Waals surface area contributed by atoms with Crippen molar-refractivity contribution >= 4 is 40.0 Å². The van der Waals surface area contributed by atoms with Crippen LogP contribution in [0, 0.1) is 5.41 Å². The van der Waals surface area contributed by atoms with Gasteiger partial charge < -0.3 is 26.9 Å². The first-order chi connectivity index (χ1) is 14.1. The van der Waals surface area contributed by atoms with Gasteiger partial charge in [0.05, 0.1) is 12.6 Å². The Morgan fingerprint density at radius 1 is 1.00 bits per heavy atom. The minimum Gasteiger partial charge on any atom is -0.497 e. The van der Waals surface area contributed by atoms with E-state index in [1.165, 1.54) is 6.21 Å². The van der Waals surface area contributed by atoms with Crippen LogP contribution in [-0.4, -0.2) is 23.3 Å². The highest BCUT2D eigenvalue weighted by Gasteiger charge is 2.12. The number of nitrogen functional groups attached to an aromatic ring is 2. The molecule has 0 amide bonds. The fourth-order valence-electron chi connectivity index (χ4n) is 3.05. The average molecular weight is 384 g/mol. The maximum absolute atomic E-state index is 7.52. The summed E-state index contributed by atoms with van der Waals surface area (Å²) in [5.74, 6) is 1.89. The van der Waals surface area contributed by atoms with Crippen LogP contribution in [0.1, 0.15) is 5.56 Å². The maximum atomic E-state index is 7.52. The Labute approximate surface area is 167 Å². The number of hydrogen-bond donors (Lipinski definition) is 4. The molecule has 1 aromatic heterocycles. The van der Waals surface area contributed by atoms with E-state index in [1.54, 1.807) is 19.2 Å². The smallest absolute Gasteiger partial charge is 0.162 e. The zero-order chi connectivity index (χ0) is 20.4. The number of nitrogens with zero attached hydrogens (tertiary/aromatic N) is 2. The van der Waals surface area contributed by atoms with Gasteiger partial charge in [-0.15, -0.1) is 0 Å². The lowest BCUT2D eigenvalue weighted by atomic mass is 10.1. The molecule has 7 heteroatoms. The molecule has 7 nitrogen and oxygen atoms in total. The Kier molecular flexibility index (Phi) is 4.70. The van der Waals surface area contributed by atoms with Gasteiger partial charge in [0.1, 0.15) is 11.6 Å². The lowest BCUT2D eigenvalue weighted by Crippen LogP contribution is -2.01. The maximum Gasteiger partial charge on any atom is 0.162 e. The molecule has 1 heterocycles. The average Bonchev–Trinajstić information content (AvgIpc) is 2.74. The van der Waals surface area contributed by atoms with Gasteiger partial charge in [-0.3, -0.25) is 0 Å². The summed E-state index contributed by atoms with van der Waals surface area (Å²) in [6.45, 7) is 0.